The van der Waals surface area contributed by atoms with Gasteiger partial charge in [-0.3, -0.25) is 4.79 Å². The van der Waals surface area contributed by atoms with Crippen LogP contribution in [0.5, 0.6) is 0 Å². The molecule has 0 bridgehead atoms. The number of nitrogens with one attached hydrogen (secondary N) is 1. The summed E-state index contributed by atoms with van der Waals surface area (Å²) in [5, 5.41) is 3.07. The maximum Gasteiger partial charge on any atom is 0.223 e. The monoisotopic (exact) mass is 242 g/mol. The van der Waals surface area contributed by atoms with E-state index in [0.717, 1.165) is 38.5 Å². The highest BCUT2D eigenvalue weighted by Gasteiger charge is 2.38. The van der Waals surface area contributed by atoms with Gasteiger partial charge in [-0.15, -0.1) is 0 Å². The summed E-state index contributed by atoms with van der Waals surface area (Å²) >= 11 is 5.10. The van der Waals surface area contributed by atoms with E-state index in [1.807, 2.05) is 6.92 Å². The van der Waals surface area contributed by atoms with Gasteiger partial charge in [-0.1, -0.05) is 45.3 Å². The summed E-state index contributed by atoms with van der Waals surface area (Å²) in [6.07, 6.45) is 5.92. The fraction of sp³-hybridized carbons (Fsp3) is 0.833. The average molecular weight is 242 g/mol. The zero-order valence-electron chi connectivity index (χ0n) is 10.2. The smallest absolute Gasteiger partial charge is 0.223 e. The van der Waals surface area contributed by atoms with Crippen LogP contribution in [0.1, 0.15) is 52.4 Å². The summed E-state index contributed by atoms with van der Waals surface area (Å²) in [4.78, 5) is 12.4. The lowest BCUT2D eigenvalue weighted by atomic mass is 9.95. The minimum Gasteiger partial charge on any atom is -0.391 e. The standard InChI is InChI=1S/C12H22N2OS/c1-3-6-9(2)10(15)14-12(11(13)16)7-4-5-8-12/h9H,3-8H2,1-2H3,(H2,13,16)(H,14,15). The SMILES string of the molecule is CCCC(C)C(=O)NC1(C(N)=S)CCCC1. The maximum atomic E-state index is 12.0. The van der Waals surface area contributed by atoms with Crippen molar-refractivity contribution in [3.8, 4) is 0 Å². The highest BCUT2D eigenvalue weighted by Crippen LogP contribution is 2.30. The molecule has 0 heterocycles. The van der Waals surface area contributed by atoms with Crippen molar-refractivity contribution in [3.05, 3.63) is 0 Å². The summed E-state index contributed by atoms with van der Waals surface area (Å²) in [6.45, 7) is 4.05. The molecule has 1 aliphatic carbocycles. The lowest BCUT2D eigenvalue weighted by molar-refractivity contribution is -0.125. The Balaban J connectivity index is 2.62. The molecule has 1 saturated carbocycles. The molecule has 16 heavy (non-hydrogen) atoms. The van der Waals surface area contributed by atoms with Crippen LogP contribution in [-0.2, 0) is 4.79 Å². The highest BCUT2D eigenvalue weighted by atomic mass is 32.1. The molecule has 3 N–H and O–H groups in total. The molecule has 1 fully saturated rings. The van der Waals surface area contributed by atoms with Gasteiger partial charge in [-0.25, -0.2) is 0 Å². The Morgan fingerprint density at radius 3 is 2.50 bits per heavy atom. The Bertz CT molecular complexity index is 272. The molecule has 1 atom stereocenters. The molecule has 1 aliphatic rings. The summed E-state index contributed by atoms with van der Waals surface area (Å²) in [6, 6.07) is 0. The first kappa shape index (κ1) is 13.4. The van der Waals surface area contributed by atoms with Gasteiger partial charge in [-0.05, 0) is 19.3 Å². The van der Waals surface area contributed by atoms with E-state index in [-0.39, 0.29) is 11.8 Å². The van der Waals surface area contributed by atoms with E-state index >= 15 is 0 Å². The summed E-state index contributed by atoms with van der Waals surface area (Å²) in [5.41, 5.74) is 5.38. The van der Waals surface area contributed by atoms with E-state index in [1.165, 1.54) is 0 Å². The van der Waals surface area contributed by atoms with Gasteiger partial charge in [-0.2, -0.15) is 0 Å². The molecule has 0 aromatic carbocycles. The van der Waals surface area contributed by atoms with Crippen LogP contribution in [0, 0.1) is 5.92 Å². The zero-order chi connectivity index (χ0) is 12.2. The van der Waals surface area contributed by atoms with Crippen molar-refractivity contribution in [2.75, 3.05) is 0 Å². The first-order chi connectivity index (χ1) is 7.52. The predicted octanol–water partition coefficient (Wildman–Crippen LogP) is 2.14. The molecule has 1 unspecified atom stereocenters. The Kier molecular flexibility index (Phi) is 4.71. The van der Waals surface area contributed by atoms with E-state index in [9.17, 15) is 4.79 Å². The number of carbonyl (C=O) groups is 1. The van der Waals surface area contributed by atoms with Crippen molar-refractivity contribution in [3.63, 3.8) is 0 Å². The number of hydrogen-bond acceptors (Lipinski definition) is 2. The third-order valence-electron chi connectivity index (χ3n) is 3.46. The topological polar surface area (TPSA) is 55.1 Å². The third-order valence-corrected chi connectivity index (χ3v) is 3.85. The van der Waals surface area contributed by atoms with E-state index in [1.54, 1.807) is 0 Å². The predicted molar refractivity (Wildman–Crippen MR) is 70.2 cm³/mol. The quantitative estimate of drug-likeness (QED) is 0.726. The molecule has 1 rings (SSSR count). The minimum absolute atomic E-state index is 0.0526. The van der Waals surface area contributed by atoms with E-state index in [0.29, 0.717) is 4.99 Å². The molecule has 0 radical (unpaired) electrons. The Labute approximate surface area is 103 Å². The molecule has 1 amide bonds. The highest BCUT2D eigenvalue weighted by molar-refractivity contribution is 7.80. The summed E-state index contributed by atoms with van der Waals surface area (Å²) in [5.74, 6) is 0.147. The fourth-order valence-electron chi connectivity index (χ4n) is 2.33. The van der Waals surface area contributed by atoms with Gasteiger partial charge in [0.1, 0.15) is 0 Å². The van der Waals surface area contributed by atoms with Crippen LogP contribution in [0.3, 0.4) is 0 Å². The van der Waals surface area contributed by atoms with E-state index < -0.39 is 5.54 Å². The molecule has 4 heteroatoms. The summed E-state index contributed by atoms with van der Waals surface area (Å²) in [7, 11) is 0. The maximum absolute atomic E-state index is 12.0. The molecule has 3 nitrogen and oxygen atoms in total. The number of rotatable bonds is 5. The number of amides is 1. The fourth-order valence-corrected chi connectivity index (χ4v) is 2.59. The zero-order valence-corrected chi connectivity index (χ0v) is 11.0. The van der Waals surface area contributed by atoms with Crippen molar-refractivity contribution >= 4 is 23.1 Å². The van der Waals surface area contributed by atoms with Crippen molar-refractivity contribution < 1.29 is 4.79 Å². The molecule has 0 aromatic rings. The van der Waals surface area contributed by atoms with Crippen LogP contribution in [-0.4, -0.2) is 16.4 Å². The van der Waals surface area contributed by atoms with Gasteiger partial charge in [0.25, 0.3) is 0 Å². The van der Waals surface area contributed by atoms with Crippen LogP contribution < -0.4 is 11.1 Å². The van der Waals surface area contributed by atoms with Crippen molar-refractivity contribution in [2.24, 2.45) is 11.7 Å². The Hall–Kier alpha value is -0.640. The normalized spacial score (nSPS) is 20.4. The third kappa shape index (κ3) is 2.94. The molecular formula is C12H22N2OS. The Morgan fingerprint density at radius 2 is 2.06 bits per heavy atom. The second-order valence-electron chi connectivity index (χ2n) is 4.83. The van der Waals surface area contributed by atoms with Crippen molar-refractivity contribution in [1.82, 2.24) is 5.32 Å². The second-order valence-corrected chi connectivity index (χ2v) is 5.27. The van der Waals surface area contributed by atoms with Gasteiger partial charge in [0.2, 0.25) is 5.91 Å². The van der Waals surface area contributed by atoms with E-state index in [2.05, 4.69) is 12.2 Å². The average Bonchev–Trinajstić information content (AvgIpc) is 2.68. The minimum atomic E-state index is -0.394. The molecule has 0 spiro atoms. The van der Waals surface area contributed by atoms with Gasteiger partial charge in [0.05, 0.1) is 10.5 Å². The van der Waals surface area contributed by atoms with Crippen molar-refractivity contribution in [1.29, 1.82) is 0 Å². The second kappa shape index (κ2) is 5.62. The Morgan fingerprint density at radius 1 is 1.50 bits per heavy atom. The number of carbonyl (C=O) groups excluding carboxylic acids is 1. The number of hydrogen-bond donors (Lipinski definition) is 2. The summed E-state index contributed by atoms with van der Waals surface area (Å²) < 4.78 is 0. The number of nitrogens with two attached hydrogens (primary N) is 1. The van der Waals surface area contributed by atoms with Gasteiger partial charge in [0.15, 0.2) is 0 Å². The molecule has 0 aliphatic heterocycles. The van der Waals surface area contributed by atoms with Crippen LogP contribution in [0.25, 0.3) is 0 Å². The first-order valence-corrected chi connectivity index (χ1v) is 6.54. The van der Waals surface area contributed by atoms with Gasteiger partial charge >= 0.3 is 0 Å². The van der Waals surface area contributed by atoms with Gasteiger partial charge < -0.3 is 11.1 Å². The van der Waals surface area contributed by atoms with Crippen molar-refractivity contribution in [2.45, 2.75) is 57.9 Å². The van der Waals surface area contributed by atoms with Crippen LogP contribution in [0.2, 0.25) is 0 Å². The van der Waals surface area contributed by atoms with Crippen LogP contribution in [0.15, 0.2) is 0 Å². The van der Waals surface area contributed by atoms with Crippen LogP contribution in [0.4, 0.5) is 0 Å². The molecule has 0 aromatic heterocycles. The molecule has 0 saturated heterocycles. The first-order valence-electron chi connectivity index (χ1n) is 6.14. The lowest BCUT2D eigenvalue weighted by Gasteiger charge is -2.30. The van der Waals surface area contributed by atoms with E-state index in [4.69, 9.17) is 18.0 Å². The van der Waals surface area contributed by atoms with Gasteiger partial charge in [0, 0.05) is 5.92 Å². The van der Waals surface area contributed by atoms with Crippen LogP contribution >= 0.6 is 12.2 Å². The molecular weight excluding hydrogens is 220 g/mol. The number of thiocarbonyl (C=S) groups is 1. The molecule has 92 valence electrons. The largest absolute Gasteiger partial charge is 0.391 e. The lowest BCUT2D eigenvalue weighted by Crippen LogP contribution is -2.55.